The summed E-state index contributed by atoms with van der Waals surface area (Å²) in [5.74, 6) is -0.244. The summed E-state index contributed by atoms with van der Waals surface area (Å²) in [4.78, 5) is 0. The highest BCUT2D eigenvalue weighted by Gasteiger charge is 2.18. The van der Waals surface area contributed by atoms with Crippen LogP contribution in [0.5, 0.6) is 0 Å². The summed E-state index contributed by atoms with van der Waals surface area (Å²) in [6.45, 7) is 4.88. The summed E-state index contributed by atoms with van der Waals surface area (Å²) < 4.78 is 16.8. The van der Waals surface area contributed by atoms with Gasteiger partial charge < -0.3 is 5.32 Å². The number of likely N-dealkylation sites (N-methyl/N-ethyl adjacent to an activating group) is 1. The van der Waals surface area contributed by atoms with Crippen LogP contribution in [0.1, 0.15) is 29.9 Å². The third-order valence-corrected chi connectivity index (χ3v) is 5.09. The number of nitrogens with one attached hydrogen (secondary N) is 1. The van der Waals surface area contributed by atoms with Gasteiger partial charge in [0.25, 0.3) is 0 Å². The fraction of sp³-hybridized carbons (Fsp3) is 0.400. The largest absolute Gasteiger partial charge is 0.310 e. The van der Waals surface area contributed by atoms with Crippen LogP contribution in [-0.2, 0) is 13.5 Å². The van der Waals surface area contributed by atoms with Gasteiger partial charge in [-0.3, -0.25) is 4.68 Å². The molecule has 1 unspecified atom stereocenters. The highest BCUT2D eigenvalue weighted by molar-refractivity contribution is 9.10. The molecule has 0 bridgehead atoms. The fourth-order valence-corrected chi connectivity index (χ4v) is 3.27. The van der Waals surface area contributed by atoms with Crippen molar-refractivity contribution in [3.8, 4) is 0 Å². The van der Waals surface area contributed by atoms with Gasteiger partial charge in [0.15, 0.2) is 0 Å². The number of aryl methyl sites for hydroxylation is 2. The molecule has 1 aromatic carbocycles. The lowest BCUT2D eigenvalue weighted by Gasteiger charge is -2.19. The number of nitrogens with zero attached hydrogens (tertiary/aromatic N) is 2. The van der Waals surface area contributed by atoms with E-state index < -0.39 is 0 Å². The van der Waals surface area contributed by atoms with Crippen molar-refractivity contribution in [1.29, 1.82) is 0 Å². The SMILES string of the molecule is CCNC(Cc1c(Br)c(C)nn1C)c1ccc(F)c(Br)c1. The van der Waals surface area contributed by atoms with Gasteiger partial charge in [-0.15, -0.1) is 0 Å². The molecule has 0 aliphatic rings. The van der Waals surface area contributed by atoms with E-state index in [1.165, 1.54) is 6.07 Å². The molecule has 0 radical (unpaired) electrons. The molecule has 0 aliphatic heterocycles. The summed E-state index contributed by atoms with van der Waals surface area (Å²) >= 11 is 6.85. The number of aromatic nitrogens is 2. The zero-order valence-corrected chi connectivity index (χ0v) is 15.4. The molecule has 0 aliphatic carbocycles. The average molecular weight is 419 g/mol. The number of hydrogen-bond donors (Lipinski definition) is 1. The molecular weight excluding hydrogens is 401 g/mol. The Hall–Kier alpha value is -0.720. The van der Waals surface area contributed by atoms with Crippen molar-refractivity contribution >= 4 is 31.9 Å². The zero-order valence-electron chi connectivity index (χ0n) is 12.3. The van der Waals surface area contributed by atoms with Crippen LogP contribution in [-0.4, -0.2) is 16.3 Å². The Bertz CT molecular complexity index is 640. The van der Waals surface area contributed by atoms with E-state index in [1.807, 2.05) is 30.8 Å². The van der Waals surface area contributed by atoms with Crippen LogP contribution in [0.4, 0.5) is 4.39 Å². The maximum atomic E-state index is 13.4. The Morgan fingerprint density at radius 3 is 2.62 bits per heavy atom. The number of rotatable bonds is 5. The lowest BCUT2D eigenvalue weighted by atomic mass is 10.0. The minimum Gasteiger partial charge on any atom is -0.310 e. The van der Waals surface area contributed by atoms with E-state index in [2.05, 4.69) is 49.2 Å². The molecule has 0 amide bonds. The molecule has 1 aromatic heterocycles. The maximum Gasteiger partial charge on any atom is 0.137 e. The van der Waals surface area contributed by atoms with Gasteiger partial charge in [-0.2, -0.15) is 5.10 Å². The molecule has 0 fully saturated rings. The van der Waals surface area contributed by atoms with Crippen molar-refractivity contribution in [2.45, 2.75) is 26.3 Å². The first-order chi connectivity index (χ1) is 9.93. The van der Waals surface area contributed by atoms with Gasteiger partial charge in [0.05, 0.1) is 20.3 Å². The summed E-state index contributed by atoms with van der Waals surface area (Å²) in [7, 11) is 1.94. The summed E-state index contributed by atoms with van der Waals surface area (Å²) in [6, 6.07) is 5.26. The minimum atomic E-state index is -0.244. The van der Waals surface area contributed by atoms with Crippen LogP contribution >= 0.6 is 31.9 Å². The van der Waals surface area contributed by atoms with Crippen LogP contribution in [0.2, 0.25) is 0 Å². The predicted octanol–water partition coefficient (Wildman–Crippen LogP) is 4.29. The van der Waals surface area contributed by atoms with Gasteiger partial charge in [0.2, 0.25) is 0 Å². The summed E-state index contributed by atoms with van der Waals surface area (Å²) in [5.41, 5.74) is 3.15. The standard InChI is InChI=1S/C15H18Br2FN3/c1-4-19-13(10-5-6-12(18)11(16)7-10)8-14-15(17)9(2)20-21(14)3/h5-7,13,19H,4,8H2,1-3H3. The maximum absolute atomic E-state index is 13.4. The molecule has 3 nitrogen and oxygen atoms in total. The lowest BCUT2D eigenvalue weighted by Crippen LogP contribution is -2.24. The molecule has 1 atom stereocenters. The topological polar surface area (TPSA) is 29.9 Å². The van der Waals surface area contributed by atoms with Gasteiger partial charge >= 0.3 is 0 Å². The van der Waals surface area contributed by atoms with E-state index in [-0.39, 0.29) is 11.9 Å². The van der Waals surface area contributed by atoms with E-state index in [1.54, 1.807) is 0 Å². The molecule has 1 N–H and O–H groups in total. The molecular formula is C15H18Br2FN3. The zero-order chi connectivity index (χ0) is 15.6. The van der Waals surface area contributed by atoms with Crippen molar-refractivity contribution in [1.82, 2.24) is 15.1 Å². The number of benzene rings is 1. The predicted molar refractivity (Wildman–Crippen MR) is 89.9 cm³/mol. The van der Waals surface area contributed by atoms with Crippen LogP contribution in [0.3, 0.4) is 0 Å². The van der Waals surface area contributed by atoms with E-state index in [0.29, 0.717) is 4.47 Å². The lowest BCUT2D eigenvalue weighted by molar-refractivity contribution is 0.525. The molecule has 0 spiro atoms. The second-order valence-electron chi connectivity index (χ2n) is 4.96. The van der Waals surface area contributed by atoms with Crippen LogP contribution < -0.4 is 5.32 Å². The Labute approximate surface area is 141 Å². The highest BCUT2D eigenvalue weighted by Crippen LogP contribution is 2.28. The molecule has 0 saturated carbocycles. The Morgan fingerprint density at radius 2 is 2.10 bits per heavy atom. The third-order valence-electron chi connectivity index (χ3n) is 3.46. The Balaban J connectivity index is 2.32. The van der Waals surface area contributed by atoms with Gasteiger partial charge in [-0.05, 0) is 63.0 Å². The minimum absolute atomic E-state index is 0.109. The highest BCUT2D eigenvalue weighted by atomic mass is 79.9. The average Bonchev–Trinajstić information content (AvgIpc) is 2.68. The normalized spacial score (nSPS) is 12.7. The molecule has 2 aromatic rings. The van der Waals surface area contributed by atoms with Crippen LogP contribution in [0, 0.1) is 12.7 Å². The number of halogens is 3. The van der Waals surface area contributed by atoms with E-state index in [4.69, 9.17) is 0 Å². The smallest absolute Gasteiger partial charge is 0.137 e. The van der Waals surface area contributed by atoms with Crippen molar-refractivity contribution in [3.63, 3.8) is 0 Å². The van der Waals surface area contributed by atoms with Crippen molar-refractivity contribution in [3.05, 3.63) is 49.9 Å². The van der Waals surface area contributed by atoms with Gasteiger partial charge in [0, 0.05) is 19.5 Å². The quantitative estimate of drug-likeness (QED) is 0.784. The van der Waals surface area contributed by atoms with Crippen molar-refractivity contribution in [2.75, 3.05) is 6.54 Å². The molecule has 1 heterocycles. The van der Waals surface area contributed by atoms with E-state index >= 15 is 0 Å². The van der Waals surface area contributed by atoms with E-state index in [0.717, 1.165) is 34.4 Å². The van der Waals surface area contributed by atoms with E-state index in [9.17, 15) is 4.39 Å². The van der Waals surface area contributed by atoms with Gasteiger partial charge in [-0.25, -0.2) is 4.39 Å². The first-order valence-corrected chi connectivity index (χ1v) is 8.39. The van der Waals surface area contributed by atoms with Crippen molar-refractivity contribution < 1.29 is 4.39 Å². The Morgan fingerprint density at radius 1 is 1.38 bits per heavy atom. The number of hydrogen-bond acceptors (Lipinski definition) is 2. The van der Waals surface area contributed by atoms with Gasteiger partial charge in [0.1, 0.15) is 5.82 Å². The second-order valence-corrected chi connectivity index (χ2v) is 6.60. The van der Waals surface area contributed by atoms with Crippen molar-refractivity contribution in [2.24, 2.45) is 7.05 Å². The monoisotopic (exact) mass is 417 g/mol. The molecule has 114 valence electrons. The summed E-state index contributed by atoms with van der Waals surface area (Å²) in [5, 5.41) is 7.87. The first-order valence-electron chi connectivity index (χ1n) is 6.80. The molecule has 2 rings (SSSR count). The van der Waals surface area contributed by atoms with Gasteiger partial charge in [-0.1, -0.05) is 13.0 Å². The Kier molecular flexibility index (Phi) is 5.57. The first kappa shape index (κ1) is 16.6. The summed E-state index contributed by atoms with van der Waals surface area (Å²) in [6.07, 6.45) is 0.782. The molecule has 6 heteroatoms. The molecule has 0 saturated heterocycles. The molecule has 21 heavy (non-hydrogen) atoms. The second kappa shape index (κ2) is 7.03. The van der Waals surface area contributed by atoms with Crippen LogP contribution in [0.15, 0.2) is 27.1 Å². The van der Waals surface area contributed by atoms with Crippen LogP contribution in [0.25, 0.3) is 0 Å². The fourth-order valence-electron chi connectivity index (χ4n) is 2.38. The third kappa shape index (κ3) is 3.73.